The van der Waals surface area contributed by atoms with Gasteiger partial charge in [-0.25, -0.2) is 4.90 Å². The number of amides is 3. The van der Waals surface area contributed by atoms with Crippen molar-refractivity contribution in [2.24, 2.45) is 5.92 Å². The summed E-state index contributed by atoms with van der Waals surface area (Å²) in [6.45, 7) is -0.569. The minimum absolute atomic E-state index is 0.0595. The number of thiazole rings is 1. The van der Waals surface area contributed by atoms with Gasteiger partial charge in [0.05, 0.1) is 22.2 Å². The molecular formula is C29H18BrClF3N3O5S2. The lowest BCUT2D eigenvalue weighted by Crippen LogP contribution is -2.32. The molecule has 0 spiro atoms. The number of alkyl halides is 3. The zero-order chi connectivity index (χ0) is 31.3. The molecule has 226 valence electrons. The van der Waals surface area contributed by atoms with Crippen LogP contribution in [0.5, 0.6) is 5.75 Å². The Kier molecular flexibility index (Phi) is 8.11. The summed E-state index contributed by atoms with van der Waals surface area (Å²) in [5.41, 5.74) is -0.180. The molecule has 0 radical (unpaired) electrons. The number of nitrogens with zero attached hydrogens (tertiary/aromatic N) is 1. The molecule has 1 aromatic heterocycles. The molecule has 8 nitrogen and oxygen atoms in total. The molecule has 1 saturated heterocycles. The quantitative estimate of drug-likeness (QED) is 0.215. The zero-order valence-electron chi connectivity index (χ0n) is 22.0. The molecule has 44 heavy (non-hydrogen) atoms. The third-order valence-corrected chi connectivity index (χ3v) is 10.2. The van der Waals surface area contributed by atoms with Crippen LogP contribution in [0.1, 0.15) is 21.9 Å². The summed E-state index contributed by atoms with van der Waals surface area (Å²) in [6.07, 6.45) is -4.58. The predicted octanol–water partition coefficient (Wildman–Crippen LogP) is 6.68. The smallest absolute Gasteiger partial charge is 0.416 e. The van der Waals surface area contributed by atoms with Gasteiger partial charge in [0.25, 0.3) is 5.91 Å². The molecule has 0 bridgehead atoms. The molecule has 3 atom stereocenters. The minimum atomic E-state index is -4.58. The van der Waals surface area contributed by atoms with E-state index in [4.69, 9.17) is 16.3 Å². The van der Waals surface area contributed by atoms with Gasteiger partial charge in [0.2, 0.25) is 11.8 Å². The van der Waals surface area contributed by atoms with Crippen LogP contribution in [0, 0.1) is 5.92 Å². The van der Waals surface area contributed by atoms with Gasteiger partial charge in [-0.2, -0.15) is 13.2 Å². The van der Waals surface area contributed by atoms with Gasteiger partial charge in [0, 0.05) is 31.5 Å². The van der Waals surface area contributed by atoms with E-state index in [0.29, 0.717) is 30.6 Å². The maximum atomic E-state index is 14.0. The Morgan fingerprint density at radius 3 is 2.52 bits per heavy atom. The van der Waals surface area contributed by atoms with Crippen LogP contribution in [0.2, 0.25) is 5.02 Å². The number of hydrogen-bond acceptors (Lipinski definition) is 7. The van der Waals surface area contributed by atoms with Gasteiger partial charge < -0.3 is 15.0 Å². The molecule has 2 aliphatic rings. The number of ether oxygens (including phenoxy) is 1. The third-order valence-electron chi connectivity index (χ3n) is 7.05. The number of fused-ring (bicyclic) bond motifs is 2. The first-order chi connectivity index (χ1) is 20.9. The molecule has 6 rings (SSSR count). The molecular weight excluding hydrogens is 707 g/mol. The second-order valence-electron chi connectivity index (χ2n) is 9.84. The standard InChI is InChI=1S/C29H18BrClF3N3O5S2/c30-14-4-9-19(42-12-20(38)35-16-3-1-2-13(10-16)29(32,33)34)18(11-14)21-22-24(43-25-23(21)44-28(41)36-25)27(40)37(26(22)39)17-7-5-15(31)6-8-17/h1-11,21-22,24H,12H2,(H,35,38)(H,36,41)/t21-,22-,24+/m0/s1. The molecule has 3 amide bonds. The zero-order valence-corrected chi connectivity index (χ0v) is 26.0. The van der Waals surface area contributed by atoms with Crippen molar-refractivity contribution in [3.8, 4) is 5.75 Å². The van der Waals surface area contributed by atoms with Crippen LogP contribution >= 0.6 is 50.6 Å². The number of halogens is 5. The van der Waals surface area contributed by atoms with E-state index < -0.39 is 53.2 Å². The van der Waals surface area contributed by atoms with Gasteiger partial charge in [0.15, 0.2) is 6.61 Å². The lowest BCUT2D eigenvalue weighted by Gasteiger charge is -2.31. The van der Waals surface area contributed by atoms with Crippen molar-refractivity contribution in [2.45, 2.75) is 22.4 Å². The molecule has 4 aromatic rings. The molecule has 3 heterocycles. The van der Waals surface area contributed by atoms with Crippen molar-refractivity contribution >= 4 is 79.7 Å². The Morgan fingerprint density at radius 2 is 1.80 bits per heavy atom. The highest BCUT2D eigenvalue weighted by atomic mass is 79.9. The first kappa shape index (κ1) is 30.4. The maximum Gasteiger partial charge on any atom is 0.416 e. The number of nitrogens with one attached hydrogen (secondary N) is 2. The second-order valence-corrected chi connectivity index (χ2v) is 13.4. The van der Waals surface area contributed by atoms with Crippen LogP contribution in [0.25, 0.3) is 0 Å². The molecule has 15 heteroatoms. The third kappa shape index (κ3) is 5.78. The van der Waals surface area contributed by atoms with Crippen LogP contribution in [0.3, 0.4) is 0 Å². The summed E-state index contributed by atoms with van der Waals surface area (Å²) in [5, 5.41) is 2.42. The van der Waals surface area contributed by atoms with Gasteiger partial charge in [0.1, 0.15) is 11.0 Å². The molecule has 0 saturated carbocycles. The first-order valence-corrected chi connectivity index (χ1v) is 15.7. The van der Waals surface area contributed by atoms with Crippen LogP contribution in [0.15, 0.2) is 81.0 Å². The molecule has 0 aliphatic carbocycles. The highest BCUT2D eigenvalue weighted by Gasteiger charge is 2.56. The van der Waals surface area contributed by atoms with Gasteiger partial charge in [-0.1, -0.05) is 56.7 Å². The van der Waals surface area contributed by atoms with Crippen molar-refractivity contribution in [2.75, 3.05) is 16.8 Å². The second kappa shape index (κ2) is 11.7. The van der Waals surface area contributed by atoms with E-state index in [1.165, 1.54) is 12.1 Å². The average molecular weight is 725 g/mol. The summed E-state index contributed by atoms with van der Waals surface area (Å²) in [6, 6.07) is 15.4. The fourth-order valence-electron chi connectivity index (χ4n) is 5.20. The SMILES string of the molecule is O=C(COc1ccc(Br)cc1[C@@H]1c2sc(=O)[nH]c2S[C@H]2C(=O)N(c3ccc(Cl)cc3)C(=O)[C@@H]12)Nc1cccc(C(F)(F)F)c1. The van der Waals surface area contributed by atoms with Gasteiger partial charge in [-0.3, -0.25) is 19.2 Å². The van der Waals surface area contributed by atoms with Crippen molar-refractivity contribution < 1.29 is 32.3 Å². The van der Waals surface area contributed by atoms with Crippen LogP contribution in [-0.2, 0) is 20.6 Å². The van der Waals surface area contributed by atoms with Gasteiger partial charge in [-0.05, 0) is 60.7 Å². The normalized spacial score (nSPS) is 19.5. The van der Waals surface area contributed by atoms with Crippen molar-refractivity contribution in [1.82, 2.24) is 4.98 Å². The van der Waals surface area contributed by atoms with E-state index in [9.17, 15) is 32.3 Å². The Hall–Kier alpha value is -3.59. The van der Waals surface area contributed by atoms with E-state index >= 15 is 0 Å². The Labute approximate surface area is 268 Å². The molecule has 1 fully saturated rings. The van der Waals surface area contributed by atoms with E-state index in [1.807, 2.05) is 0 Å². The first-order valence-electron chi connectivity index (χ1n) is 12.8. The summed E-state index contributed by atoms with van der Waals surface area (Å²) >= 11 is 11.5. The number of anilines is 2. The number of aromatic amines is 1. The van der Waals surface area contributed by atoms with Crippen molar-refractivity contribution in [3.05, 3.63) is 102 Å². The number of thioether (sulfide) groups is 1. The molecule has 3 aromatic carbocycles. The number of hydrogen-bond donors (Lipinski definition) is 2. The summed E-state index contributed by atoms with van der Waals surface area (Å²) in [7, 11) is 0. The monoisotopic (exact) mass is 723 g/mol. The van der Waals surface area contributed by atoms with Gasteiger partial charge in [-0.15, -0.1) is 0 Å². The predicted molar refractivity (Wildman–Crippen MR) is 164 cm³/mol. The van der Waals surface area contributed by atoms with Crippen molar-refractivity contribution in [1.29, 1.82) is 0 Å². The Bertz CT molecular complexity index is 1860. The van der Waals surface area contributed by atoms with Crippen LogP contribution in [0.4, 0.5) is 24.5 Å². The fourth-order valence-corrected chi connectivity index (χ4v) is 8.22. The number of carbonyl (C=O) groups is 3. The highest BCUT2D eigenvalue weighted by molar-refractivity contribution is 9.10. The highest BCUT2D eigenvalue weighted by Crippen LogP contribution is 2.54. The van der Waals surface area contributed by atoms with E-state index in [-0.39, 0.29) is 16.3 Å². The number of benzene rings is 3. The lowest BCUT2D eigenvalue weighted by molar-refractivity contribution is -0.137. The minimum Gasteiger partial charge on any atom is -0.483 e. The lowest BCUT2D eigenvalue weighted by atomic mass is 9.82. The average Bonchev–Trinajstić information content (AvgIpc) is 3.46. The fraction of sp³-hybridized carbons (Fsp3) is 0.172. The molecule has 2 N–H and O–H groups in total. The Morgan fingerprint density at radius 1 is 1.05 bits per heavy atom. The number of rotatable bonds is 6. The summed E-state index contributed by atoms with van der Waals surface area (Å²) < 4.78 is 45.8. The van der Waals surface area contributed by atoms with Crippen LogP contribution in [-0.4, -0.2) is 34.6 Å². The number of aromatic nitrogens is 1. The van der Waals surface area contributed by atoms with E-state index in [0.717, 1.165) is 40.1 Å². The summed E-state index contributed by atoms with van der Waals surface area (Å²) in [4.78, 5) is 56.9. The molecule has 2 aliphatic heterocycles. The number of H-pyrrole nitrogens is 1. The van der Waals surface area contributed by atoms with Crippen molar-refractivity contribution in [3.63, 3.8) is 0 Å². The largest absolute Gasteiger partial charge is 0.483 e. The topological polar surface area (TPSA) is 109 Å². The number of imide groups is 1. The summed E-state index contributed by atoms with van der Waals surface area (Å²) in [5.74, 6) is -3.17. The number of carbonyl (C=O) groups excluding carboxylic acids is 3. The maximum absolute atomic E-state index is 14.0. The van der Waals surface area contributed by atoms with Gasteiger partial charge >= 0.3 is 11.0 Å². The van der Waals surface area contributed by atoms with Crippen LogP contribution < -0.4 is 19.8 Å². The Balaban J connectivity index is 1.33. The van der Waals surface area contributed by atoms with E-state index in [2.05, 4.69) is 26.2 Å². The molecule has 0 unspecified atom stereocenters. The van der Waals surface area contributed by atoms with E-state index in [1.54, 1.807) is 42.5 Å².